The summed E-state index contributed by atoms with van der Waals surface area (Å²) >= 11 is 0. The SMILES string of the molecule is COC(=O)c1ccc(C#Cc2nc[nH]c2C#Cc2ccccn2)cc1. The summed E-state index contributed by atoms with van der Waals surface area (Å²) in [4.78, 5) is 22.7. The van der Waals surface area contributed by atoms with Gasteiger partial charge in [0.05, 0.1) is 19.0 Å². The topological polar surface area (TPSA) is 67.9 Å². The Labute approximate surface area is 145 Å². The quantitative estimate of drug-likeness (QED) is 0.550. The first-order valence-corrected chi connectivity index (χ1v) is 7.43. The highest BCUT2D eigenvalue weighted by atomic mass is 16.5. The molecule has 0 bridgehead atoms. The highest BCUT2D eigenvalue weighted by Gasteiger charge is 2.03. The standard InChI is InChI=1S/C20H13N3O2/c1-25-20(24)16-8-5-15(6-9-16)7-11-18-19(23-14-22-18)12-10-17-4-2-3-13-21-17/h2-6,8-9,13-14H,1H3,(H,22,23). The molecule has 0 atom stereocenters. The molecule has 0 aliphatic rings. The van der Waals surface area contributed by atoms with E-state index < -0.39 is 0 Å². The van der Waals surface area contributed by atoms with Crippen LogP contribution in [0, 0.1) is 23.7 Å². The maximum Gasteiger partial charge on any atom is 0.337 e. The molecule has 0 aliphatic carbocycles. The van der Waals surface area contributed by atoms with Crippen molar-refractivity contribution in [3.8, 4) is 23.7 Å². The van der Waals surface area contributed by atoms with Crippen LogP contribution in [-0.2, 0) is 4.74 Å². The summed E-state index contributed by atoms with van der Waals surface area (Å²) in [7, 11) is 1.35. The average molecular weight is 327 g/mol. The third-order valence-electron chi connectivity index (χ3n) is 3.25. The van der Waals surface area contributed by atoms with Gasteiger partial charge in [-0.1, -0.05) is 12.0 Å². The molecule has 1 N–H and O–H groups in total. The minimum Gasteiger partial charge on any atom is -0.465 e. The van der Waals surface area contributed by atoms with E-state index in [2.05, 4.69) is 43.4 Å². The summed E-state index contributed by atoms with van der Waals surface area (Å²) in [5, 5.41) is 0. The van der Waals surface area contributed by atoms with Crippen LogP contribution in [0.15, 0.2) is 55.0 Å². The van der Waals surface area contributed by atoms with Crippen LogP contribution in [0.5, 0.6) is 0 Å². The number of H-pyrrole nitrogens is 1. The summed E-state index contributed by atoms with van der Waals surface area (Å²) in [6, 6.07) is 12.4. The number of nitrogens with one attached hydrogen (secondary N) is 1. The van der Waals surface area contributed by atoms with Gasteiger partial charge < -0.3 is 9.72 Å². The molecule has 2 aromatic heterocycles. The molecule has 3 aromatic rings. The highest BCUT2D eigenvalue weighted by molar-refractivity contribution is 5.89. The van der Waals surface area contributed by atoms with E-state index in [4.69, 9.17) is 0 Å². The van der Waals surface area contributed by atoms with Crippen molar-refractivity contribution in [3.63, 3.8) is 0 Å². The third kappa shape index (κ3) is 4.13. The molecule has 0 aliphatic heterocycles. The fourth-order valence-corrected chi connectivity index (χ4v) is 1.99. The van der Waals surface area contributed by atoms with Crippen LogP contribution in [0.2, 0.25) is 0 Å². The molecule has 5 nitrogen and oxygen atoms in total. The summed E-state index contributed by atoms with van der Waals surface area (Å²) < 4.78 is 4.66. The van der Waals surface area contributed by atoms with E-state index in [1.165, 1.54) is 7.11 Å². The van der Waals surface area contributed by atoms with Crippen molar-refractivity contribution in [3.05, 3.63) is 83.2 Å². The molecule has 0 fully saturated rings. The summed E-state index contributed by atoms with van der Waals surface area (Å²) in [6.45, 7) is 0. The number of carbonyl (C=O) groups is 1. The number of pyridine rings is 1. The Morgan fingerprint density at radius 3 is 2.56 bits per heavy atom. The van der Waals surface area contributed by atoms with E-state index in [0.717, 1.165) is 5.56 Å². The van der Waals surface area contributed by atoms with Gasteiger partial charge in [0.1, 0.15) is 17.1 Å². The van der Waals surface area contributed by atoms with Crippen molar-refractivity contribution in [2.24, 2.45) is 0 Å². The van der Waals surface area contributed by atoms with E-state index in [9.17, 15) is 4.79 Å². The Bertz CT molecular complexity index is 998. The van der Waals surface area contributed by atoms with Gasteiger partial charge in [-0.05, 0) is 54.2 Å². The second-order valence-electron chi connectivity index (χ2n) is 4.91. The van der Waals surface area contributed by atoms with E-state index >= 15 is 0 Å². The zero-order valence-corrected chi connectivity index (χ0v) is 13.4. The number of hydrogen-bond donors (Lipinski definition) is 1. The van der Waals surface area contributed by atoms with Gasteiger partial charge in [0.25, 0.3) is 0 Å². The molecule has 120 valence electrons. The minimum absolute atomic E-state index is 0.376. The maximum absolute atomic E-state index is 11.4. The lowest BCUT2D eigenvalue weighted by atomic mass is 10.1. The Kier molecular flexibility index (Phi) is 4.90. The number of ether oxygens (including phenoxy) is 1. The van der Waals surface area contributed by atoms with Crippen LogP contribution in [0.1, 0.15) is 33.0 Å². The molecule has 5 heteroatoms. The normalized spacial score (nSPS) is 9.32. The van der Waals surface area contributed by atoms with Gasteiger partial charge in [-0.3, -0.25) is 0 Å². The van der Waals surface area contributed by atoms with E-state index in [0.29, 0.717) is 22.6 Å². The number of methoxy groups -OCH3 is 1. The second-order valence-corrected chi connectivity index (χ2v) is 4.91. The number of nitrogens with zero attached hydrogens (tertiary/aromatic N) is 2. The molecule has 2 heterocycles. The smallest absolute Gasteiger partial charge is 0.337 e. The number of esters is 1. The first-order valence-electron chi connectivity index (χ1n) is 7.43. The molecule has 1 aromatic carbocycles. The van der Waals surface area contributed by atoms with Crippen LogP contribution in [-0.4, -0.2) is 28.0 Å². The number of rotatable bonds is 1. The monoisotopic (exact) mass is 327 g/mol. The Hall–Kier alpha value is -3.83. The Morgan fingerprint density at radius 2 is 1.84 bits per heavy atom. The van der Waals surface area contributed by atoms with Crippen molar-refractivity contribution in [1.82, 2.24) is 15.0 Å². The highest BCUT2D eigenvalue weighted by Crippen LogP contribution is 2.06. The van der Waals surface area contributed by atoms with Gasteiger partial charge in [-0.25, -0.2) is 14.8 Å². The molecular formula is C20H13N3O2. The number of imidazole rings is 1. The largest absolute Gasteiger partial charge is 0.465 e. The third-order valence-corrected chi connectivity index (χ3v) is 3.25. The van der Waals surface area contributed by atoms with E-state index in [-0.39, 0.29) is 5.97 Å². The van der Waals surface area contributed by atoms with Crippen molar-refractivity contribution < 1.29 is 9.53 Å². The number of aromatic amines is 1. The first kappa shape index (κ1) is 16.0. The molecular weight excluding hydrogens is 314 g/mol. The average Bonchev–Trinajstić information content (AvgIpc) is 3.13. The van der Waals surface area contributed by atoms with E-state index in [1.54, 1.807) is 36.8 Å². The molecule has 0 saturated heterocycles. The zero-order chi connectivity index (χ0) is 17.5. The molecule has 0 saturated carbocycles. The predicted octanol–water partition coefficient (Wildman–Crippen LogP) is 2.39. The van der Waals surface area contributed by atoms with Gasteiger partial charge in [-0.15, -0.1) is 0 Å². The van der Waals surface area contributed by atoms with Crippen molar-refractivity contribution >= 4 is 5.97 Å². The lowest BCUT2D eigenvalue weighted by Crippen LogP contribution is -2.00. The van der Waals surface area contributed by atoms with E-state index in [1.807, 2.05) is 18.2 Å². The number of hydrogen-bond acceptors (Lipinski definition) is 4. The van der Waals surface area contributed by atoms with Crippen LogP contribution in [0.3, 0.4) is 0 Å². The fraction of sp³-hybridized carbons (Fsp3) is 0.0500. The minimum atomic E-state index is -0.376. The second kappa shape index (κ2) is 7.63. The van der Waals surface area contributed by atoms with Crippen molar-refractivity contribution in [2.45, 2.75) is 0 Å². The van der Waals surface area contributed by atoms with Gasteiger partial charge in [-0.2, -0.15) is 0 Å². The number of carbonyl (C=O) groups excluding carboxylic acids is 1. The van der Waals surface area contributed by atoms with Gasteiger partial charge >= 0.3 is 5.97 Å². The molecule has 0 amide bonds. The van der Waals surface area contributed by atoms with Crippen LogP contribution < -0.4 is 0 Å². The van der Waals surface area contributed by atoms with Crippen molar-refractivity contribution in [1.29, 1.82) is 0 Å². The molecule has 0 unspecified atom stereocenters. The molecule has 0 radical (unpaired) electrons. The fourth-order valence-electron chi connectivity index (χ4n) is 1.99. The number of benzene rings is 1. The zero-order valence-electron chi connectivity index (χ0n) is 13.4. The molecule has 3 rings (SSSR count). The lowest BCUT2D eigenvalue weighted by Gasteiger charge is -1.97. The Balaban J connectivity index is 1.80. The molecule has 25 heavy (non-hydrogen) atoms. The van der Waals surface area contributed by atoms with Crippen LogP contribution in [0.25, 0.3) is 0 Å². The summed E-state index contributed by atoms with van der Waals surface area (Å²) in [5.41, 5.74) is 3.10. The van der Waals surface area contributed by atoms with Gasteiger partial charge in [0, 0.05) is 11.8 Å². The first-order chi connectivity index (χ1) is 12.3. The summed E-state index contributed by atoms with van der Waals surface area (Å²) in [6.07, 6.45) is 3.24. The van der Waals surface area contributed by atoms with Crippen molar-refractivity contribution in [2.75, 3.05) is 7.11 Å². The Morgan fingerprint density at radius 1 is 1.00 bits per heavy atom. The number of aromatic nitrogens is 3. The van der Waals surface area contributed by atoms with Crippen LogP contribution >= 0.6 is 0 Å². The summed E-state index contributed by atoms with van der Waals surface area (Å²) in [5.74, 6) is 11.5. The van der Waals surface area contributed by atoms with Crippen LogP contribution in [0.4, 0.5) is 0 Å². The predicted molar refractivity (Wildman–Crippen MR) is 92.6 cm³/mol. The lowest BCUT2D eigenvalue weighted by molar-refractivity contribution is 0.0600. The van der Waals surface area contributed by atoms with Gasteiger partial charge in [0.15, 0.2) is 0 Å². The van der Waals surface area contributed by atoms with Gasteiger partial charge in [0.2, 0.25) is 0 Å². The maximum atomic E-state index is 11.4. The molecule has 0 spiro atoms.